The highest BCUT2D eigenvalue weighted by Gasteiger charge is 2.23. The Hall–Kier alpha value is -0.0800. The van der Waals surface area contributed by atoms with Gasteiger partial charge in [-0.15, -0.1) is 0 Å². The summed E-state index contributed by atoms with van der Waals surface area (Å²) in [7, 11) is 0. The highest BCUT2D eigenvalue weighted by Crippen LogP contribution is 2.19. The molecule has 2 unspecified atom stereocenters. The standard InChI is InChI=1S/C12H26N2/c1-4-8-14-9-6-7-12(10-14)11(3)13-5-2/h11-13H,4-10H2,1-3H3. The summed E-state index contributed by atoms with van der Waals surface area (Å²) in [5.74, 6) is 0.871. The Labute approximate surface area is 89.1 Å². The highest BCUT2D eigenvalue weighted by atomic mass is 15.1. The zero-order chi connectivity index (χ0) is 10.4. The van der Waals surface area contributed by atoms with Gasteiger partial charge in [0.2, 0.25) is 0 Å². The third-order valence-corrected chi connectivity index (χ3v) is 3.32. The van der Waals surface area contributed by atoms with E-state index in [-0.39, 0.29) is 0 Å². The molecule has 0 spiro atoms. The van der Waals surface area contributed by atoms with Crippen molar-refractivity contribution in [3.8, 4) is 0 Å². The average Bonchev–Trinajstić information content (AvgIpc) is 2.19. The Balaban J connectivity index is 2.31. The fraction of sp³-hybridized carbons (Fsp3) is 1.00. The van der Waals surface area contributed by atoms with Crippen LogP contribution in [-0.2, 0) is 0 Å². The van der Waals surface area contributed by atoms with Gasteiger partial charge < -0.3 is 10.2 Å². The van der Waals surface area contributed by atoms with Crippen LogP contribution < -0.4 is 5.32 Å². The minimum atomic E-state index is 0.694. The lowest BCUT2D eigenvalue weighted by Gasteiger charge is -2.35. The third-order valence-electron chi connectivity index (χ3n) is 3.32. The normalized spacial score (nSPS) is 26.4. The van der Waals surface area contributed by atoms with E-state index >= 15 is 0 Å². The topological polar surface area (TPSA) is 15.3 Å². The largest absolute Gasteiger partial charge is 0.314 e. The van der Waals surface area contributed by atoms with Gasteiger partial charge in [0.25, 0.3) is 0 Å². The van der Waals surface area contributed by atoms with E-state index in [1.165, 1.54) is 38.9 Å². The summed E-state index contributed by atoms with van der Waals surface area (Å²) in [4.78, 5) is 2.63. The maximum absolute atomic E-state index is 3.55. The molecule has 1 fully saturated rings. The van der Waals surface area contributed by atoms with Crippen molar-refractivity contribution >= 4 is 0 Å². The van der Waals surface area contributed by atoms with Crippen LogP contribution in [0.25, 0.3) is 0 Å². The number of nitrogens with zero attached hydrogens (tertiary/aromatic N) is 1. The molecular formula is C12H26N2. The van der Waals surface area contributed by atoms with Crippen LogP contribution in [0.2, 0.25) is 0 Å². The van der Waals surface area contributed by atoms with Crippen LogP contribution >= 0.6 is 0 Å². The smallest absolute Gasteiger partial charge is 0.00791 e. The predicted octanol–water partition coefficient (Wildman–Crippen LogP) is 2.11. The summed E-state index contributed by atoms with van der Waals surface area (Å²) in [5, 5.41) is 3.55. The Morgan fingerprint density at radius 3 is 2.86 bits per heavy atom. The molecule has 0 bridgehead atoms. The Morgan fingerprint density at radius 2 is 2.21 bits per heavy atom. The molecule has 1 rings (SSSR count). The van der Waals surface area contributed by atoms with Crippen molar-refractivity contribution in [1.29, 1.82) is 0 Å². The SMILES string of the molecule is CCCN1CCCC(C(C)NCC)C1. The second-order valence-corrected chi connectivity index (χ2v) is 4.55. The average molecular weight is 198 g/mol. The van der Waals surface area contributed by atoms with Gasteiger partial charge in [-0.2, -0.15) is 0 Å². The number of hydrogen-bond acceptors (Lipinski definition) is 2. The summed E-state index contributed by atoms with van der Waals surface area (Å²) in [6.45, 7) is 11.8. The Bertz CT molecular complexity index is 141. The van der Waals surface area contributed by atoms with Gasteiger partial charge in [-0.25, -0.2) is 0 Å². The fourth-order valence-electron chi connectivity index (χ4n) is 2.51. The molecule has 1 aliphatic rings. The molecule has 1 aliphatic heterocycles. The van der Waals surface area contributed by atoms with E-state index in [9.17, 15) is 0 Å². The van der Waals surface area contributed by atoms with Gasteiger partial charge >= 0.3 is 0 Å². The Morgan fingerprint density at radius 1 is 1.43 bits per heavy atom. The molecule has 2 atom stereocenters. The summed E-state index contributed by atoms with van der Waals surface area (Å²) in [6, 6.07) is 0.694. The van der Waals surface area contributed by atoms with Crippen molar-refractivity contribution in [1.82, 2.24) is 10.2 Å². The van der Waals surface area contributed by atoms with Crippen LogP contribution in [0.1, 0.15) is 40.0 Å². The molecule has 0 aliphatic carbocycles. The minimum Gasteiger partial charge on any atom is -0.314 e. The zero-order valence-corrected chi connectivity index (χ0v) is 10.1. The first-order chi connectivity index (χ1) is 6.77. The van der Waals surface area contributed by atoms with Crippen LogP contribution in [-0.4, -0.2) is 37.1 Å². The fourth-order valence-corrected chi connectivity index (χ4v) is 2.51. The molecule has 1 N–H and O–H groups in total. The molecule has 1 saturated heterocycles. The van der Waals surface area contributed by atoms with Crippen LogP contribution in [0.15, 0.2) is 0 Å². The monoisotopic (exact) mass is 198 g/mol. The number of likely N-dealkylation sites (tertiary alicyclic amines) is 1. The quantitative estimate of drug-likeness (QED) is 0.728. The van der Waals surface area contributed by atoms with Crippen molar-refractivity contribution in [2.75, 3.05) is 26.2 Å². The van der Waals surface area contributed by atoms with E-state index < -0.39 is 0 Å². The van der Waals surface area contributed by atoms with Crippen molar-refractivity contribution in [3.05, 3.63) is 0 Å². The highest BCUT2D eigenvalue weighted by molar-refractivity contribution is 4.79. The van der Waals surface area contributed by atoms with E-state index in [0.29, 0.717) is 6.04 Å². The maximum atomic E-state index is 3.55. The van der Waals surface area contributed by atoms with Crippen LogP contribution in [0.5, 0.6) is 0 Å². The van der Waals surface area contributed by atoms with E-state index in [1.54, 1.807) is 0 Å². The third kappa shape index (κ3) is 3.58. The van der Waals surface area contributed by atoms with Crippen molar-refractivity contribution < 1.29 is 0 Å². The molecule has 14 heavy (non-hydrogen) atoms. The van der Waals surface area contributed by atoms with Gasteiger partial charge in [0.05, 0.1) is 0 Å². The van der Waals surface area contributed by atoms with E-state index in [1.807, 2.05) is 0 Å². The van der Waals surface area contributed by atoms with Crippen molar-refractivity contribution in [3.63, 3.8) is 0 Å². The van der Waals surface area contributed by atoms with E-state index in [4.69, 9.17) is 0 Å². The van der Waals surface area contributed by atoms with E-state index in [0.717, 1.165) is 12.5 Å². The molecule has 0 aromatic rings. The van der Waals surface area contributed by atoms with Gasteiger partial charge in [-0.3, -0.25) is 0 Å². The molecule has 0 aromatic carbocycles. The molecule has 0 saturated carbocycles. The lowest BCUT2D eigenvalue weighted by Crippen LogP contribution is -2.44. The minimum absolute atomic E-state index is 0.694. The summed E-state index contributed by atoms with van der Waals surface area (Å²) < 4.78 is 0. The molecular weight excluding hydrogens is 172 g/mol. The van der Waals surface area contributed by atoms with E-state index in [2.05, 4.69) is 31.0 Å². The second kappa shape index (κ2) is 6.41. The first-order valence-electron chi connectivity index (χ1n) is 6.23. The molecule has 0 amide bonds. The van der Waals surface area contributed by atoms with Crippen LogP contribution in [0.4, 0.5) is 0 Å². The van der Waals surface area contributed by atoms with Crippen LogP contribution in [0.3, 0.4) is 0 Å². The number of nitrogens with one attached hydrogen (secondary N) is 1. The molecule has 84 valence electrons. The maximum Gasteiger partial charge on any atom is 0.00791 e. The van der Waals surface area contributed by atoms with Gasteiger partial charge in [0.1, 0.15) is 0 Å². The Kier molecular flexibility index (Phi) is 5.49. The lowest BCUT2D eigenvalue weighted by atomic mass is 9.91. The van der Waals surface area contributed by atoms with Crippen molar-refractivity contribution in [2.24, 2.45) is 5.92 Å². The molecule has 2 nitrogen and oxygen atoms in total. The summed E-state index contributed by atoms with van der Waals surface area (Å²) >= 11 is 0. The van der Waals surface area contributed by atoms with Crippen LogP contribution in [0, 0.1) is 5.92 Å². The lowest BCUT2D eigenvalue weighted by molar-refractivity contribution is 0.152. The summed E-state index contributed by atoms with van der Waals surface area (Å²) in [6.07, 6.45) is 4.09. The zero-order valence-electron chi connectivity index (χ0n) is 10.1. The summed E-state index contributed by atoms with van der Waals surface area (Å²) in [5.41, 5.74) is 0. The molecule has 1 heterocycles. The predicted molar refractivity (Wildman–Crippen MR) is 62.6 cm³/mol. The molecule has 0 radical (unpaired) electrons. The number of hydrogen-bond donors (Lipinski definition) is 1. The van der Waals surface area contributed by atoms with Gasteiger partial charge in [0, 0.05) is 12.6 Å². The number of piperidine rings is 1. The van der Waals surface area contributed by atoms with Gasteiger partial charge in [0.15, 0.2) is 0 Å². The van der Waals surface area contributed by atoms with Gasteiger partial charge in [-0.1, -0.05) is 13.8 Å². The first kappa shape index (κ1) is 12.0. The second-order valence-electron chi connectivity index (χ2n) is 4.55. The molecule has 0 aromatic heterocycles. The first-order valence-corrected chi connectivity index (χ1v) is 6.23. The van der Waals surface area contributed by atoms with Gasteiger partial charge in [-0.05, 0) is 51.7 Å². The van der Waals surface area contributed by atoms with Crippen molar-refractivity contribution in [2.45, 2.75) is 46.1 Å². The molecule has 2 heteroatoms. The number of rotatable bonds is 5.